The molecule has 2 amide bonds. The molecule has 2 aliphatic rings. The van der Waals surface area contributed by atoms with Crippen LogP contribution in [0.25, 0.3) is 0 Å². The second-order valence-electron chi connectivity index (χ2n) is 14.9. The molecule has 66 heavy (non-hydrogen) atoms. The van der Waals surface area contributed by atoms with Crippen molar-refractivity contribution in [3.63, 3.8) is 0 Å². The van der Waals surface area contributed by atoms with Gasteiger partial charge in [0, 0.05) is 86.8 Å². The Balaban J connectivity index is 0.000000247. The second kappa shape index (κ2) is 18.8. The fourth-order valence-corrected chi connectivity index (χ4v) is 7.93. The van der Waals surface area contributed by atoms with Gasteiger partial charge in [-0.05, 0) is 24.3 Å². The largest absolute Gasteiger partial charge is 0.434 e. The van der Waals surface area contributed by atoms with Crippen LogP contribution in [-0.2, 0) is 32.4 Å². The van der Waals surface area contributed by atoms with Crippen molar-refractivity contribution in [2.45, 2.75) is 60.9 Å². The van der Waals surface area contributed by atoms with Crippen molar-refractivity contribution in [2.24, 2.45) is 22.1 Å². The number of anilines is 4. The number of rotatable bonds is 8. The third-order valence-electron chi connectivity index (χ3n) is 9.97. The number of aromatic nitrogens is 4. The Morgan fingerprint density at radius 2 is 1.00 bits per heavy atom. The van der Waals surface area contributed by atoms with E-state index in [0.717, 1.165) is 46.5 Å². The number of nitrogens with one attached hydrogen (secondary N) is 2. The first-order valence-corrected chi connectivity index (χ1v) is 22.5. The molecule has 0 spiro atoms. The maximum Gasteiger partial charge on any atom is 0.434 e. The minimum atomic E-state index is -4.96. The lowest BCUT2D eigenvalue weighted by Crippen LogP contribution is -2.47. The fourth-order valence-electron chi connectivity index (χ4n) is 6.41. The van der Waals surface area contributed by atoms with E-state index >= 15 is 0 Å². The summed E-state index contributed by atoms with van der Waals surface area (Å²) in [6.07, 6.45) is -9.12. The summed E-state index contributed by atoms with van der Waals surface area (Å²) in [7, 11) is -8.39. The Bertz CT molecular complexity index is 2570. The predicted octanol–water partition coefficient (Wildman–Crippen LogP) is 7.06. The summed E-state index contributed by atoms with van der Waals surface area (Å²) in [6, 6.07) is 5.79. The van der Waals surface area contributed by atoms with Gasteiger partial charge in [-0.2, -0.15) is 26.3 Å². The summed E-state index contributed by atoms with van der Waals surface area (Å²) >= 11 is 11.4. The Hall–Kier alpha value is -5.16. The van der Waals surface area contributed by atoms with Crippen LogP contribution in [0, 0.1) is 11.8 Å². The predicted molar refractivity (Wildman–Crippen MR) is 218 cm³/mol. The van der Waals surface area contributed by atoms with E-state index in [9.17, 15) is 70.3 Å². The van der Waals surface area contributed by atoms with Gasteiger partial charge in [0.05, 0.1) is 21.2 Å². The highest BCUT2D eigenvalue weighted by atomic mass is 35.5. The van der Waals surface area contributed by atoms with Crippen molar-refractivity contribution >= 4 is 78.1 Å². The molecule has 0 saturated carbocycles. The molecule has 6 rings (SSSR count). The van der Waals surface area contributed by atoms with Gasteiger partial charge in [-0.25, -0.2) is 64.6 Å². The van der Waals surface area contributed by atoms with Crippen molar-refractivity contribution in [2.75, 3.05) is 46.6 Å². The number of nitrogens with zero attached hydrogens (tertiary/aromatic N) is 6. The molecule has 0 aliphatic carbocycles. The summed E-state index contributed by atoms with van der Waals surface area (Å²) in [5.74, 6) is -11.4. The maximum atomic E-state index is 13.9. The van der Waals surface area contributed by atoms with Gasteiger partial charge in [0.1, 0.15) is 11.6 Å². The molecule has 6 N–H and O–H groups in total. The van der Waals surface area contributed by atoms with Crippen LogP contribution in [0.1, 0.15) is 58.8 Å². The Morgan fingerprint density at radius 1 is 0.667 bits per heavy atom. The number of nitrogens with two attached hydrogens (primary N) is 2. The molecule has 4 aromatic heterocycles. The lowest BCUT2D eigenvalue weighted by atomic mass is 9.95. The molecule has 2 atom stereocenters. The first-order chi connectivity index (χ1) is 30.2. The van der Waals surface area contributed by atoms with Crippen LogP contribution >= 0.6 is 23.2 Å². The van der Waals surface area contributed by atoms with E-state index < -0.39 is 135 Å². The smallest absolute Gasteiger partial charge is 0.355 e. The molecule has 6 heterocycles. The summed E-state index contributed by atoms with van der Waals surface area (Å²) < 4.78 is 182. The molecular formula is C36H34Cl2F10N10O6S2. The van der Waals surface area contributed by atoms with Gasteiger partial charge in [-0.15, -0.1) is 0 Å². The SMILES string of the molecule is CC1CN(c2nc(C(F)(F)F)c(Cl)cc2C(=O)Nc2ccnc(S(N)(=O)=O)c2)CCC1(F)F.CC1CN(c2nc(C(F)(F)F)c(Cl)cc2C(=O)Nc2ccnc(S(N)(=O)=O)c2)CCC1(F)F. The van der Waals surface area contributed by atoms with Gasteiger partial charge in [0.2, 0.25) is 0 Å². The monoisotopic (exact) mass is 1030 g/mol. The van der Waals surface area contributed by atoms with Gasteiger partial charge in [0.25, 0.3) is 43.7 Å². The molecule has 0 aromatic carbocycles. The molecule has 30 heteroatoms. The second-order valence-corrected chi connectivity index (χ2v) is 18.7. The van der Waals surface area contributed by atoms with Gasteiger partial charge < -0.3 is 20.4 Å². The van der Waals surface area contributed by atoms with Crippen LogP contribution in [0.3, 0.4) is 0 Å². The number of piperidine rings is 2. The van der Waals surface area contributed by atoms with E-state index in [1.54, 1.807) is 0 Å². The average molecular weight is 1030 g/mol. The number of carbonyl (C=O) groups excluding carboxylic acids is 2. The number of hydrogen-bond acceptors (Lipinski definition) is 12. The Labute approximate surface area is 378 Å². The van der Waals surface area contributed by atoms with E-state index in [2.05, 4.69) is 30.6 Å². The molecule has 360 valence electrons. The molecule has 0 radical (unpaired) electrons. The van der Waals surface area contributed by atoms with Crippen LogP contribution in [-0.4, -0.2) is 86.6 Å². The van der Waals surface area contributed by atoms with Gasteiger partial charge in [0.15, 0.2) is 21.4 Å². The third-order valence-corrected chi connectivity index (χ3v) is 12.2. The molecular weight excluding hydrogens is 993 g/mol. The molecule has 16 nitrogen and oxygen atoms in total. The standard InChI is InChI=1S/2C18H17ClF5N5O3S/c2*1-9-8-29(5-3-17(9,20)21)15-11(7-12(19)14(28-15)18(22,23)24)16(30)27-10-2-4-26-13(6-10)33(25,31)32/h2*2,4,6-7,9H,3,5,8H2,1H3,(H2,25,31,32)(H,26,27,30). The lowest BCUT2D eigenvalue weighted by molar-refractivity contribution is -0.141. The van der Waals surface area contributed by atoms with E-state index in [1.165, 1.54) is 26.0 Å². The first kappa shape index (κ1) is 51.8. The van der Waals surface area contributed by atoms with Crippen LogP contribution in [0.5, 0.6) is 0 Å². The van der Waals surface area contributed by atoms with Gasteiger partial charge in [-0.1, -0.05) is 37.0 Å². The fraction of sp³-hybridized carbons (Fsp3) is 0.389. The van der Waals surface area contributed by atoms with E-state index in [-0.39, 0.29) is 37.6 Å². The molecule has 2 unspecified atom stereocenters. The van der Waals surface area contributed by atoms with Gasteiger partial charge >= 0.3 is 12.4 Å². The first-order valence-electron chi connectivity index (χ1n) is 18.6. The zero-order valence-corrected chi connectivity index (χ0v) is 36.8. The zero-order chi connectivity index (χ0) is 49.5. The van der Waals surface area contributed by atoms with Crippen LogP contribution in [0.15, 0.2) is 58.8 Å². The van der Waals surface area contributed by atoms with Crippen LogP contribution in [0.4, 0.5) is 66.9 Å². The van der Waals surface area contributed by atoms with Crippen molar-refractivity contribution in [1.82, 2.24) is 19.9 Å². The summed E-state index contributed by atoms with van der Waals surface area (Å²) in [5.41, 5.74) is -3.94. The zero-order valence-electron chi connectivity index (χ0n) is 33.7. The summed E-state index contributed by atoms with van der Waals surface area (Å²) in [6.45, 7) is 1.05. The molecule has 2 saturated heterocycles. The minimum Gasteiger partial charge on any atom is -0.355 e. The number of halogens is 12. The Morgan fingerprint density at radius 3 is 1.29 bits per heavy atom. The van der Waals surface area contributed by atoms with E-state index in [4.69, 9.17) is 33.5 Å². The molecule has 2 aliphatic heterocycles. The van der Waals surface area contributed by atoms with Crippen molar-refractivity contribution in [1.29, 1.82) is 0 Å². The summed E-state index contributed by atoms with van der Waals surface area (Å²) in [4.78, 5) is 42.2. The molecule has 2 fully saturated rings. The van der Waals surface area contributed by atoms with E-state index in [0.29, 0.717) is 0 Å². The number of pyridine rings is 4. The maximum absolute atomic E-state index is 13.9. The molecule has 4 aromatic rings. The number of primary sulfonamides is 2. The quantitative estimate of drug-likeness (QED) is 0.130. The normalized spacial score (nSPS) is 18.8. The Kier molecular flexibility index (Phi) is 14.8. The summed E-state index contributed by atoms with van der Waals surface area (Å²) in [5, 5.41) is 11.8. The lowest BCUT2D eigenvalue weighted by Gasteiger charge is -2.38. The van der Waals surface area contributed by atoms with Crippen LogP contribution < -0.4 is 30.7 Å². The van der Waals surface area contributed by atoms with Crippen molar-refractivity contribution in [3.05, 3.63) is 81.4 Å². The van der Waals surface area contributed by atoms with Crippen molar-refractivity contribution in [3.8, 4) is 0 Å². The number of alkyl halides is 10. The molecule has 0 bridgehead atoms. The van der Waals surface area contributed by atoms with Crippen LogP contribution in [0.2, 0.25) is 10.0 Å². The van der Waals surface area contributed by atoms with Gasteiger partial charge in [-0.3, -0.25) is 9.59 Å². The minimum absolute atomic E-state index is 0.0838. The highest BCUT2D eigenvalue weighted by Crippen LogP contribution is 2.42. The highest BCUT2D eigenvalue weighted by Gasteiger charge is 2.45. The number of sulfonamides is 2. The third kappa shape index (κ3) is 12.2. The highest BCUT2D eigenvalue weighted by molar-refractivity contribution is 7.89. The number of amides is 2. The average Bonchev–Trinajstić information content (AvgIpc) is 3.19. The number of hydrogen-bond donors (Lipinski definition) is 4. The number of carbonyl (C=O) groups is 2. The topological polar surface area (TPSA) is 237 Å². The van der Waals surface area contributed by atoms with E-state index in [1.807, 2.05) is 0 Å². The van der Waals surface area contributed by atoms with Crippen molar-refractivity contribution < 1.29 is 70.3 Å².